The molecule has 126 valence electrons. The zero-order valence-electron chi connectivity index (χ0n) is 13.9. The summed E-state index contributed by atoms with van der Waals surface area (Å²) >= 11 is 0. The van der Waals surface area contributed by atoms with E-state index in [9.17, 15) is 9.59 Å². The lowest BCUT2D eigenvalue weighted by Crippen LogP contribution is -2.54. The number of piperidine rings is 1. The number of carbonyl (C=O) groups excluding carboxylic acids is 2. The van der Waals surface area contributed by atoms with Crippen molar-refractivity contribution in [3.8, 4) is 0 Å². The van der Waals surface area contributed by atoms with Crippen LogP contribution >= 0.6 is 0 Å². The third-order valence-corrected chi connectivity index (χ3v) is 4.65. The topological polar surface area (TPSA) is 53.1 Å². The van der Waals surface area contributed by atoms with Gasteiger partial charge in [-0.1, -0.05) is 6.92 Å². The number of amides is 1. The highest BCUT2D eigenvalue weighted by atomic mass is 16.5. The van der Waals surface area contributed by atoms with Crippen molar-refractivity contribution in [2.75, 3.05) is 52.4 Å². The summed E-state index contributed by atoms with van der Waals surface area (Å²) in [6, 6.07) is -0.377. The summed E-state index contributed by atoms with van der Waals surface area (Å²) in [5, 5.41) is 0. The van der Waals surface area contributed by atoms with Crippen molar-refractivity contribution in [1.29, 1.82) is 0 Å². The summed E-state index contributed by atoms with van der Waals surface area (Å²) < 4.78 is 5.13. The molecular weight excluding hydrogens is 282 g/mol. The van der Waals surface area contributed by atoms with E-state index in [0.717, 1.165) is 52.0 Å². The van der Waals surface area contributed by atoms with Gasteiger partial charge in [-0.15, -0.1) is 0 Å². The normalized spacial score (nSPS) is 24.3. The van der Waals surface area contributed by atoms with Gasteiger partial charge in [-0.3, -0.25) is 9.69 Å². The van der Waals surface area contributed by atoms with Crippen molar-refractivity contribution in [2.24, 2.45) is 0 Å². The Bertz CT molecular complexity index is 381. The summed E-state index contributed by atoms with van der Waals surface area (Å²) in [6.07, 6.45) is 2.70. The fourth-order valence-corrected chi connectivity index (χ4v) is 3.26. The average molecular weight is 311 g/mol. The number of ether oxygens (including phenoxy) is 1. The highest BCUT2D eigenvalue weighted by Crippen LogP contribution is 2.19. The molecule has 0 aromatic carbocycles. The van der Waals surface area contributed by atoms with E-state index in [1.165, 1.54) is 0 Å². The van der Waals surface area contributed by atoms with E-state index < -0.39 is 0 Å². The van der Waals surface area contributed by atoms with Gasteiger partial charge in [0.1, 0.15) is 6.04 Å². The van der Waals surface area contributed by atoms with Crippen LogP contribution in [0.15, 0.2) is 0 Å². The minimum Gasteiger partial charge on any atom is -0.464 e. The van der Waals surface area contributed by atoms with E-state index in [0.29, 0.717) is 19.7 Å². The highest BCUT2D eigenvalue weighted by Gasteiger charge is 2.33. The van der Waals surface area contributed by atoms with Crippen LogP contribution in [0.25, 0.3) is 0 Å². The molecule has 22 heavy (non-hydrogen) atoms. The Hall–Kier alpha value is -1.14. The molecule has 2 rings (SSSR count). The molecule has 0 bridgehead atoms. The predicted octanol–water partition coefficient (Wildman–Crippen LogP) is 0.568. The molecule has 0 aromatic rings. The molecule has 0 spiro atoms. The summed E-state index contributed by atoms with van der Waals surface area (Å²) in [5.74, 6) is -0.172. The van der Waals surface area contributed by atoms with Gasteiger partial charge >= 0.3 is 5.97 Å². The zero-order valence-corrected chi connectivity index (χ0v) is 13.9. The van der Waals surface area contributed by atoms with Crippen molar-refractivity contribution >= 4 is 11.9 Å². The summed E-state index contributed by atoms with van der Waals surface area (Å²) in [7, 11) is 0. The van der Waals surface area contributed by atoms with Crippen LogP contribution in [0.3, 0.4) is 0 Å². The molecule has 0 radical (unpaired) electrons. The van der Waals surface area contributed by atoms with E-state index >= 15 is 0 Å². The van der Waals surface area contributed by atoms with Crippen LogP contribution < -0.4 is 0 Å². The zero-order chi connectivity index (χ0) is 15.9. The van der Waals surface area contributed by atoms with Crippen molar-refractivity contribution in [3.63, 3.8) is 0 Å². The molecule has 2 heterocycles. The standard InChI is InChI=1S/C16H29N3O3/c1-3-17-9-11-18(12-10-17)13-15(20)19-8-6-5-7-14(19)16(21)22-4-2/h14H,3-13H2,1-2H3. The molecule has 2 saturated heterocycles. The van der Waals surface area contributed by atoms with Gasteiger partial charge in [0.2, 0.25) is 5.91 Å². The van der Waals surface area contributed by atoms with Gasteiger partial charge in [-0.25, -0.2) is 4.79 Å². The highest BCUT2D eigenvalue weighted by molar-refractivity contribution is 5.85. The smallest absolute Gasteiger partial charge is 0.328 e. The van der Waals surface area contributed by atoms with E-state index in [1.54, 1.807) is 11.8 Å². The largest absolute Gasteiger partial charge is 0.464 e. The molecule has 2 aliphatic rings. The van der Waals surface area contributed by atoms with Gasteiger partial charge in [-0.2, -0.15) is 0 Å². The second-order valence-corrected chi connectivity index (χ2v) is 6.06. The first-order valence-corrected chi connectivity index (χ1v) is 8.56. The Balaban J connectivity index is 1.88. The maximum Gasteiger partial charge on any atom is 0.328 e. The molecule has 0 aromatic heterocycles. The summed E-state index contributed by atoms with van der Waals surface area (Å²) in [4.78, 5) is 31.0. The number of piperazine rings is 1. The number of hydrogen-bond acceptors (Lipinski definition) is 5. The first-order chi connectivity index (χ1) is 10.7. The van der Waals surface area contributed by atoms with Crippen LogP contribution in [0.4, 0.5) is 0 Å². The van der Waals surface area contributed by atoms with Crippen molar-refractivity contribution in [1.82, 2.24) is 14.7 Å². The van der Waals surface area contributed by atoms with E-state index in [2.05, 4.69) is 16.7 Å². The van der Waals surface area contributed by atoms with E-state index in [1.807, 2.05) is 0 Å². The van der Waals surface area contributed by atoms with Gasteiger partial charge in [0, 0.05) is 32.7 Å². The lowest BCUT2D eigenvalue weighted by molar-refractivity contribution is -0.157. The number of likely N-dealkylation sites (tertiary alicyclic amines) is 1. The van der Waals surface area contributed by atoms with Gasteiger partial charge < -0.3 is 14.5 Å². The minimum absolute atomic E-state index is 0.0719. The van der Waals surface area contributed by atoms with Crippen LogP contribution in [-0.4, -0.2) is 85.0 Å². The number of rotatable bonds is 5. The Kier molecular flexibility index (Phi) is 6.64. The molecule has 2 fully saturated rings. The monoisotopic (exact) mass is 311 g/mol. The number of esters is 1. The second kappa shape index (κ2) is 8.48. The van der Waals surface area contributed by atoms with Gasteiger partial charge in [0.05, 0.1) is 13.2 Å². The van der Waals surface area contributed by atoms with Crippen LogP contribution in [0.1, 0.15) is 33.1 Å². The maximum atomic E-state index is 12.6. The first kappa shape index (κ1) is 17.2. The van der Waals surface area contributed by atoms with Gasteiger partial charge in [0.15, 0.2) is 0 Å². The molecule has 1 amide bonds. The van der Waals surface area contributed by atoms with Crippen molar-refractivity contribution in [3.05, 3.63) is 0 Å². The van der Waals surface area contributed by atoms with Crippen LogP contribution in [0.5, 0.6) is 0 Å². The first-order valence-electron chi connectivity index (χ1n) is 8.56. The number of likely N-dealkylation sites (N-methyl/N-ethyl adjacent to an activating group) is 1. The van der Waals surface area contributed by atoms with Crippen molar-refractivity contribution in [2.45, 2.75) is 39.2 Å². The number of nitrogens with zero attached hydrogens (tertiary/aromatic N) is 3. The molecule has 0 saturated carbocycles. The quantitative estimate of drug-likeness (QED) is 0.695. The molecular formula is C16H29N3O3. The van der Waals surface area contributed by atoms with E-state index in [4.69, 9.17) is 4.74 Å². The van der Waals surface area contributed by atoms with Crippen molar-refractivity contribution < 1.29 is 14.3 Å². The Morgan fingerprint density at radius 1 is 1.00 bits per heavy atom. The molecule has 6 heteroatoms. The fourth-order valence-electron chi connectivity index (χ4n) is 3.26. The van der Waals surface area contributed by atoms with Crippen LogP contribution in [-0.2, 0) is 14.3 Å². The number of hydrogen-bond donors (Lipinski definition) is 0. The Morgan fingerprint density at radius 2 is 1.68 bits per heavy atom. The Labute approximate surface area is 133 Å². The minimum atomic E-state index is -0.377. The Morgan fingerprint density at radius 3 is 2.32 bits per heavy atom. The second-order valence-electron chi connectivity index (χ2n) is 6.06. The third kappa shape index (κ3) is 4.43. The lowest BCUT2D eigenvalue weighted by atomic mass is 10.0. The molecule has 0 N–H and O–H groups in total. The molecule has 0 aliphatic carbocycles. The summed E-state index contributed by atoms with van der Waals surface area (Å²) in [6.45, 7) is 10.4. The third-order valence-electron chi connectivity index (χ3n) is 4.65. The summed E-state index contributed by atoms with van der Waals surface area (Å²) in [5.41, 5.74) is 0. The molecule has 1 atom stereocenters. The SMILES string of the molecule is CCOC(=O)C1CCCCN1C(=O)CN1CCN(CC)CC1. The lowest BCUT2D eigenvalue weighted by Gasteiger charge is -2.37. The fraction of sp³-hybridized carbons (Fsp3) is 0.875. The maximum absolute atomic E-state index is 12.6. The molecule has 6 nitrogen and oxygen atoms in total. The molecule has 1 unspecified atom stereocenters. The average Bonchev–Trinajstić information content (AvgIpc) is 2.55. The number of carbonyl (C=O) groups is 2. The predicted molar refractivity (Wildman–Crippen MR) is 84.5 cm³/mol. The molecule has 2 aliphatic heterocycles. The van der Waals surface area contributed by atoms with Gasteiger partial charge in [0.25, 0.3) is 0 Å². The van der Waals surface area contributed by atoms with Crippen LogP contribution in [0.2, 0.25) is 0 Å². The van der Waals surface area contributed by atoms with Crippen LogP contribution in [0, 0.1) is 0 Å². The van der Waals surface area contributed by atoms with Gasteiger partial charge in [-0.05, 0) is 32.7 Å². The van der Waals surface area contributed by atoms with E-state index in [-0.39, 0.29) is 17.9 Å².